The molecule has 2 aromatic heterocycles. The number of rotatable bonds is 4. The minimum absolute atomic E-state index is 0.0541. The van der Waals surface area contributed by atoms with Crippen LogP contribution in [0.25, 0.3) is 0 Å². The first-order valence-corrected chi connectivity index (χ1v) is 6.28. The minimum atomic E-state index is -1.04. The van der Waals surface area contributed by atoms with Crippen LogP contribution in [0.1, 0.15) is 16.1 Å². The smallest absolute Gasteiger partial charge is 0.335 e. The fraction of sp³-hybridized carbons (Fsp3) is 0.0833. The number of aromatic nitrogens is 2. The minimum Gasteiger partial charge on any atom is -0.478 e. The van der Waals surface area contributed by atoms with Gasteiger partial charge < -0.3 is 5.11 Å². The third-order valence-electron chi connectivity index (χ3n) is 2.42. The fourth-order valence-corrected chi connectivity index (χ4v) is 2.32. The highest BCUT2D eigenvalue weighted by molar-refractivity contribution is 7.99. The second-order valence-corrected chi connectivity index (χ2v) is 4.84. The molecular weight excluding hydrogens is 282 g/mol. The molecule has 7 nitrogen and oxygen atoms in total. The predicted molar refractivity (Wildman–Crippen MR) is 70.9 cm³/mol. The van der Waals surface area contributed by atoms with E-state index in [1.807, 2.05) is 0 Å². The van der Waals surface area contributed by atoms with Crippen molar-refractivity contribution in [2.24, 2.45) is 0 Å². The highest BCUT2D eigenvalue weighted by Crippen LogP contribution is 2.27. The van der Waals surface area contributed by atoms with Gasteiger partial charge in [0.2, 0.25) is 0 Å². The molecule has 2 rings (SSSR count). The molecule has 2 heterocycles. The molecule has 0 saturated heterocycles. The lowest BCUT2D eigenvalue weighted by Crippen LogP contribution is -1.97. The molecular formula is C12H9N3O4S. The Hall–Kier alpha value is -2.48. The molecule has 0 amide bonds. The van der Waals surface area contributed by atoms with E-state index in [-0.39, 0.29) is 11.3 Å². The van der Waals surface area contributed by atoms with E-state index in [9.17, 15) is 14.9 Å². The number of nitrogens with zero attached hydrogens (tertiary/aromatic N) is 3. The van der Waals surface area contributed by atoms with Gasteiger partial charge in [0.1, 0.15) is 15.7 Å². The Labute approximate surface area is 117 Å². The van der Waals surface area contributed by atoms with Crippen molar-refractivity contribution in [1.29, 1.82) is 0 Å². The summed E-state index contributed by atoms with van der Waals surface area (Å²) in [5.74, 6) is -1.04. The van der Waals surface area contributed by atoms with Crippen molar-refractivity contribution < 1.29 is 14.8 Å². The molecule has 0 atom stereocenters. The maximum atomic E-state index is 10.9. The summed E-state index contributed by atoms with van der Waals surface area (Å²) in [4.78, 5) is 29.2. The van der Waals surface area contributed by atoms with Crippen molar-refractivity contribution >= 4 is 23.4 Å². The topological polar surface area (TPSA) is 106 Å². The summed E-state index contributed by atoms with van der Waals surface area (Å²) in [5.41, 5.74) is 0.372. The number of hydrogen-bond donors (Lipinski definition) is 1. The van der Waals surface area contributed by atoms with Crippen LogP contribution in [-0.2, 0) is 0 Å². The zero-order valence-electron chi connectivity index (χ0n) is 10.3. The van der Waals surface area contributed by atoms with Crippen LogP contribution < -0.4 is 0 Å². The number of carboxylic acid groups (broad SMARTS) is 1. The largest absolute Gasteiger partial charge is 0.478 e. The second-order valence-electron chi connectivity index (χ2n) is 3.80. The third-order valence-corrected chi connectivity index (χ3v) is 3.29. The number of carbonyl (C=O) groups is 1. The molecule has 0 aliphatic rings. The van der Waals surface area contributed by atoms with Crippen molar-refractivity contribution in [2.45, 2.75) is 17.0 Å². The van der Waals surface area contributed by atoms with E-state index in [0.717, 1.165) is 11.8 Å². The van der Waals surface area contributed by atoms with E-state index >= 15 is 0 Å². The first-order chi connectivity index (χ1) is 9.47. The molecule has 0 aromatic carbocycles. The molecule has 102 valence electrons. The number of aryl methyl sites for hydroxylation is 1. The van der Waals surface area contributed by atoms with Crippen LogP contribution in [0.15, 0.2) is 40.5 Å². The van der Waals surface area contributed by atoms with Crippen molar-refractivity contribution in [3.63, 3.8) is 0 Å². The Balaban J connectivity index is 2.26. The number of hydrogen-bond acceptors (Lipinski definition) is 6. The van der Waals surface area contributed by atoms with Gasteiger partial charge in [-0.2, -0.15) is 0 Å². The Morgan fingerprint density at radius 3 is 2.70 bits per heavy atom. The molecule has 0 aliphatic heterocycles. The summed E-state index contributed by atoms with van der Waals surface area (Å²) in [6.45, 7) is 1.54. The molecule has 0 saturated carbocycles. The molecule has 0 fully saturated rings. The molecule has 1 N–H and O–H groups in total. The summed E-state index contributed by atoms with van der Waals surface area (Å²) >= 11 is 1.15. The Kier molecular flexibility index (Phi) is 3.94. The lowest BCUT2D eigenvalue weighted by Gasteiger charge is -2.03. The Morgan fingerprint density at radius 1 is 1.35 bits per heavy atom. The van der Waals surface area contributed by atoms with Crippen LogP contribution in [0, 0.1) is 17.0 Å². The molecule has 2 aromatic rings. The lowest BCUT2D eigenvalue weighted by atomic mass is 10.3. The van der Waals surface area contributed by atoms with Gasteiger partial charge in [-0.15, -0.1) is 0 Å². The normalized spacial score (nSPS) is 10.2. The highest BCUT2D eigenvalue weighted by Gasteiger charge is 2.13. The number of nitro groups is 1. The highest BCUT2D eigenvalue weighted by atomic mass is 32.2. The van der Waals surface area contributed by atoms with Crippen LogP contribution in [0.3, 0.4) is 0 Å². The van der Waals surface area contributed by atoms with Crippen LogP contribution in [-0.4, -0.2) is 26.0 Å². The van der Waals surface area contributed by atoms with Crippen LogP contribution in [0.5, 0.6) is 0 Å². The zero-order chi connectivity index (χ0) is 14.7. The van der Waals surface area contributed by atoms with E-state index in [1.165, 1.54) is 30.5 Å². The van der Waals surface area contributed by atoms with E-state index in [0.29, 0.717) is 15.7 Å². The average molecular weight is 291 g/mol. The monoisotopic (exact) mass is 291 g/mol. The summed E-state index contributed by atoms with van der Waals surface area (Å²) in [6.07, 6.45) is 1.39. The summed E-state index contributed by atoms with van der Waals surface area (Å²) in [7, 11) is 0. The van der Waals surface area contributed by atoms with Crippen LogP contribution >= 0.6 is 11.8 Å². The quantitative estimate of drug-likeness (QED) is 0.681. The van der Waals surface area contributed by atoms with Gasteiger partial charge >= 0.3 is 5.97 Å². The zero-order valence-corrected chi connectivity index (χ0v) is 11.1. The van der Waals surface area contributed by atoms with Gasteiger partial charge in [0.05, 0.1) is 10.5 Å². The predicted octanol–water partition coefficient (Wildman–Crippen LogP) is 2.54. The lowest BCUT2D eigenvalue weighted by molar-refractivity contribution is -0.385. The Bertz CT molecular complexity index is 690. The first-order valence-electron chi connectivity index (χ1n) is 5.46. The summed E-state index contributed by atoms with van der Waals surface area (Å²) in [5, 5.41) is 20.6. The molecule has 0 unspecified atom stereocenters. The maximum Gasteiger partial charge on any atom is 0.335 e. The van der Waals surface area contributed by atoms with E-state index in [4.69, 9.17) is 5.11 Å². The number of aromatic carboxylic acids is 1. The summed E-state index contributed by atoms with van der Waals surface area (Å²) in [6, 6.07) is 5.68. The number of carboxylic acids is 1. The molecule has 0 radical (unpaired) electrons. The van der Waals surface area contributed by atoms with Gasteiger partial charge in [-0.25, -0.2) is 14.8 Å². The van der Waals surface area contributed by atoms with Gasteiger partial charge in [0, 0.05) is 12.3 Å². The van der Waals surface area contributed by atoms with E-state index in [1.54, 1.807) is 6.92 Å². The van der Waals surface area contributed by atoms with E-state index in [2.05, 4.69) is 9.97 Å². The molecule has 0 bridgehead atoms. The standard InChI is InChI=1S/C12H9N3O4S/c1-7-9(15(18)19)2-3-10(14-7)20-11-6-8(12(16)17)4-5-13-11/h2-6H,1H3,(H,16,17). The van der Waals surface area contributed by atoms with E-state index < -0.39 is 10.9 Å². The molecule has 8 heteroatoms. The van der Waals surface area contributed by atoms with Crippen molar-refractivity contribution in [3.8, 4) is 0 Å². The summed E-state index contributed by atoms with van der Waals surface area (Å²) < 4.78 is 0. The molecule has 20 heavy (non-hydrogen) atoms. The van der Waals surface area contributed by atoms with Gasteiger partial charge in [-0.1, -0.05) is 11.8 Å². The first kappa shape index (κ1) is 13.9. The van der Waals surface area contributed by atoms with Gasteiger partial charge in [0.15, 0.2) is 0 Å². The maximum absolute atomic E-state index is 10.9. The van der Waals surface area contributed by atoms with Gasteiger partial charge in [-0.05, 0) is 25.1 Å². The van der Waals surface area contributed by atoms with Gasteiger partial charge in [-0.3, -0.25) is 10.1 Å². The van der Waals surface area contributed by atoms with Gasteiger partial charge in [0.25, 0.3) is 5.69 Å². The van der Waals surface area contributed by atoms with Crippen LogP contribution in [0.4, 0.5) is 5.69 Å². The Morgan fingerprint density at radius 2 is 2.10 bits per heavy atom. The SMILES string of the molecule is Cc1nc(Sc2cc(C(=O)O)ccn2)ccc1[N+](=O)[O-]. The molecule has 0 aliphatic carbocycles. The third kappa shape index (κ3) is 3.09. The average Bonchev–Trinajstić information content (AvgIpc) is 2.38. The fourth-order valence-electron chi connectivity index (χ4n) is 1.49. The van der Waals surface area contributed by atoms with Crippen molar-refractivity contribution in [2.75, 3.05) is 0 Å². The van der Waals surface area contributed by atoms with Crippen molar-refractivity contribution in [3.05, 3.63) is 51.8 Å². The number of pyridine rings is 2. The second kappa shape index (κ2) is 5.66. The van der Waals surface area contributed by atoms with Crippen LogP contribution in [0.2, 0.25) is 0 Å². The molecule has 0 spiro atoms. The van der Waals surface area contributed by atoms with Crippen molar-refractivity contribution in [1.82, 2.24) is 9.97 Å².